The van der Waals surface area contributed by atoms with Gasteiger partial charge in [-0.2, -0.15) is 8.42 Å². The number of rotatable bonds is 8. The maximum atomic E-state index is 10.3. The monoisotopic (exact) mass is 207 g/mol. The van der Waals surface area contributed by atoms with Crippen LogP contribution in [0.2, 0.25) is 0 Å². The Morgan fingerprint density at radius 3 is 2.38 bits per heavy atom. The van der Waals surface area contributed by atoms with Crippen molar-refractivity contribution in [2.45, 2.75) is 45.4 Å². The first-order chi connectivity index (χ1) is 6.06. The molecule has 0 fully saturated rings. The van der Waals surface area contributed by atoms with E-state index < -0.39 is 10.1 Å². The zero-order chi connectivity index (χ0) is 10.2. The van der Waals surface area contributed by atoms with Gasteiger partial charge in [-0.1, -0.05) is 39.0 Å². The first kappa shape index (κ1) is 12.9. The van der Waals surface area contributed by atoms with E-state index in [-0.39, 0.29) is 5.75 Å². The van der Waals surface area contributed by atoms with Crippen molar-refractivity contribution < 1.29 is 13.0 Å². The van der Waals surface area contributed by atoms with E-state index in [1.807, 2.05) is 6.42 Å². The molecule has 0 aliphatic rings. The normalized spacial score (nSPS) is 11.8. The van der Waals surface area contributed by atoms with Crippen molar-refractivity contribution in [1.29, 1.82) is 0 Å². The average Bonchev–Trinajstić information content (AvgIpc) is 2.01. The quantitative estimate of drug-likeness (QED) is 0.491. The lowest BCUT2D eigenvalue weighted by molar-refractivity contribution is 0.482. The maximum Gasteiger partial charge on any atom is 0.264 e. The third-order valence-electron chi connectivity index (χ3n) is 1.84. The van der Waals surface area contributed by atoms with Gasteiger partial charge in [0.2, 0.25) is 0 Å². The van der Waals surface area contributed by atoms with Crippen LogP contribution in [0, 0.1) is 6.42 Å². The zero-order valence-corrected chi connectivity index (χ0v) is 9.02. The molecule has 0 amide bonds. The van der Waals surface area contributed by atoms with Crippen molar-refractivity contribution in [3.05, 3.63) is 6.42 Å². The van der Waals surface area contributed by atoms with E-state index in [0.29, 0.717) is 6.42 Å². The molecule has 0 unspecified atom stereocenters. The first-order valence-corrected chi connectivity index (χ1v) is 6.44. The Bertz CT molecular complexity index is 197. The SMILES string of the molecule is CCCCCC[CH]CCS(=O)(=O)O. The molecule has 1 N–H and O–H groups in total. The summed E-state index contributed by atoms with van der Waals surface area (Å²) in [4.78, 5) is 0. The minimum Gasteiger partial charge on any atom is -0.286 e. The molecule has 0 bridgehead atoms. The molecule has 0 spiro atoms. The zero-order valence-electron chi connectivity index (χ0n) is 8.20. The molecule has 0 aromatic heterocycles. The molecule has 0 aliphatic carbocycles. The molecule has 0 rings (SSSR count). The Hall–Kier alpha value is -0.0900. The molecule has 0 heterocycles. The van der Waals surface area contributed by atoms with Crippen molar-refractivity contribution in [3.63, 3.8) is 0 Å². The highest BCUT2D eigenvalue weighted by Gasteiger charge is 2.02. The Morgan fingerprint density at radius 2 is 1.85 bits per heavy atom. The third kappa shape index (κ3) is 11.9. The van der Waals surface area contributed by atoms with Crippen LogP contribution in [-0.2, 0) is 10.1 Å². The smallest absolute Gasteiger partial charge is 0.264 e. The van der Waals surface area contributed by atoms with Crippen LogP contribution in [0.25, 0.3) is 0 Å². The predicted molar refractivity (Wildman–Crippen MR) is 54.1 cm³/mol. The summed E-state index contributed by atoms with van der Waals surface area (Å²) in [6.07, 6.45) is 8.14. The van der Waals surface area contributed by atoms with Crippen molar-refractivity contribution in [2.24, 2.45) is 0 Å². The van der Waals surface area contributed by atoms with Crippen LogP contribution in [0.5, 0.6) is 0 Å². The fourth-order valence-corrected chi connectivity index (χ4v) is 1.56. The number of unbranched alkanes of at least 4 members (excludes halogenated alkanes) is 6. The van der Waals surface area contributed by atoms with Crippen molar-refractivity contribution in [3.8, 4) is 0 Å². The van der Waals surface area contributed by atoms with Crippen LogP contribution in [0.15, 0.2) is 0 Å². The molecule has 4 heteroatoms. The Labute approximate surface area is 81.3 Å². The summed E-state index contributed by atoms with van der Waals surface area (Å²) in [5.74, 6) is -0.138. The van der Waals surface area contributed by atoms with Gasteiger partial charge in [0, 0.05) is 0 Å². The maximum absolute atomic E-state index is 10.3. The second kappa shape index (κ2) is 7.33. The highest BCUT2D eigenvalue weighted by molar-refractivity contribution is 7.85. The Morgan fingerprint density at radius 1 is 1.15 bits per heavy atom. The van der Waals surface area contributed by atoms with Gasteiger partial charge in [-0.05, 0) is 12.8 Å². The summed E-state index contributed by atoms with van der Waals surface area (Å²) >= 11 is 0. The second-order valence-corrected chi connectivity index (χ2v) is 4.78. The van der Waals surface area contributed by atoms with Crippen LogP contribution >= 0.6 is 0 Å². The molecule has 79 valence electrons. The van der Waals surface area contributed by atoms with E-state index >= 15 is 0 Å². The molecule has 0 atom stereocenters. The second-order valence-electron chi connectivity index (χ2n) is 3.21. The summed E-state index contributed by atoms with van der Waals surface area (Å²) in [6.45, 7) is 2.15. The van der Waals surface area contributed by atoms with Gasteiger partial charge in [0.25, 0.3) is 10.1 Å². The lowest BCUT2D eigenvalue weighted by Gasteiger charge is -1.99. The molecule has 0 aromatic carbocycles. The Kier molecular flexibility index (Phi) is 7.28. The van der Waals surface area contributed by atoms with Crippen LogP contribution < -0.4 is 0 Å². The fraction of sp³-hybridized carbons (Fsp3) is 0.889. The number of hydrogen-bond donors (Lipinski definition) is 1. The van der Waals surface area contributed by atoms with Crippen molar-refractivity contribution >= 4 is 10.1 Å². The van der Waals surface area contributed by atoms with Crippen molar-refractivity contribution in [2.75, 3.05) is 5.75 Å². The van der Waals surface area contributed by atoms with Gasteiger partial charge in [0.05, 0.1) is 5.75 Å². The minimum atomic E-state index is -3.75. The topological polar surface area (TPSA) is 54.4 Å². The van der Waals surface area contributed by atoms with Gasteiger partial charge in [-0.3, -0.25) is 4.55 Å². The van der Waals surface area contributed by atoms with Crippen LogP contribution in [0.3, 0.4) is 0 Å². The van der Waals surface area contributed by atoms with Crippen molar-refractivity contribution in [1.82, 2.24) is 0 Å². The summed E-state index contributed by atoms with van der Waals surface area (Å²) in [7, 11) is -3.75. The van der Waals surface area contributed by atoms with E-state index in [4.69, 9.17) is 4.55 Å². The van der Waals surface area contributed by atoms with Gasteiger partial charge >= 0.3 is 0 Å². The molecule has 0 saturated heterocycles. The summed E-state index contributed by atoms with van der Waals surface area (Å²) < 4.78 is 29.0. The summed E-state index contributed by atoms with van der Waals surface area (Å²) in [5, 5.41) is 0. The molecule has 0 aliphatic heterocycles. The number of hydrogen-bond acceptors (Lipinski definition) is 2. The van der Waals surface area contributed by atoms with Gasteiger partial charge in [0.15, 0.2) is 0 Å². The molecule has 3 nitrogen and oxygen atoms in total. The lowest BCUT2D eigenvalue weighted by Crippen LogP contribution is -2.03. The lowest BCUT2D eigenvalue weighted by atomic mass is 10.1. The molecule has 0 saturated carbocycles. The largest absolute Gasteiger partial charge is 0.286 e. The van der Waals surface area contributed by atoms with Gasteiger partial charge < -0.3 is 0 Å². The third-order valence-corrected chi connectivity index (χ3v) is 2.59. The predicted octanol–water partition coefficient (Wildman–Crippen LogP) is 2.44. The highest BCUT2D eigenvalue weighted by Crippen LogP contribution is 2.06. The van der Waals surface area contributed by atoms with E-state index in [1.54, 1.807) is 0 Å². The van der Waals surface area contributed by atoms with Crippen LogP contribution in [0.4, 0.5) is 0 Å². The Balaban J connectivity index is 3.09. The van der Waals surface area contributed by atoms with Gasteiger partial charge in [-0.25, -0.2) is 0 Å². The van der Waals surface area contributed by atoms with Gasteiger partial charge in [0.1, 0.15) is 0 Å². The molecule has 1 radical (unpaired) electrons. The van der Waals surface area contributed by atoms with E-state index in [1.165, 1.54) is 19.3 Å². The fourth-order valence-electron chi connectivity index (χ4n) is 1.09. The average molecular weight is 207 g/mol. The summed E-state index contributed by atoms with van der Waals surface area (Å²) in [5.41, 5.74) is 0. The van der Waals surface area contributed by atoms with Crippen LogP contribution in [-0.4, -0.2) is 18.7 Å². The molecule has 0 aromatic rings. The van der Waals surface area contributed by atoms with Crippen LogP contribution in [0.1, 0.15) is 45.4 Å². The van der Waals surface area contributed by atoms with E-state index in [9.17, 15) is 8.42 Å². The highest BCUT2D eigenvalue weighted by atomic mass is 32.2. The minimum absolute atomic E-state index is 0.138. The molecule has 13 heavy (non-hydrogen) atoms. The van der Waals surface area contributed by atoms with E-state index in [2.05, 4.69) is 6.92 Å². The summed E-state index contributed by atoms with van der Waals surface area (Å²) in [6, 6.07) is 0. The van der Waals surface area contributed by atoms with Gasteiger partial charge in [-0.15, -0.1) is 0 Å². The molecular formula is C9H19O3S. The standard InChI is InChI=1S/C9H19O3S/c1-2-3-4-5-6-7-8-9-13(10,11)12/h7H,2-6,8-9H2,1H3,(H,10,11,12). The first-order valence-electron chi connectivity index (χ1n) is 4.83. The van der Waals surface area contributed by atoms with E-state index in [0.717, 1.165) is 12.8 Å². The molecular weight excluding hydrogens is 188 g/mol.